The SMILES string of the molecule is C[C@H](CSc1ccccc1)Nc1nc(Cl)nc2c1ncn2[C@@H]1O[C@H](CO)C(O)C1O. The first-order valence-corrected chi connectivity index (χ1v) is 10.8. The molecule has 160 valence electrons. The van der Waals surface area contributed by atoms with Crippen molar-refractivity contribution in [2.24, 2.45) is 0 Å². The number of halogens is 1. The summed E-state index contributed by atoms with van der Waals surface area (Å²) in [6, 6.07) is 10.1. The fraction of sp³-hybridized carbons (Fsp3) is 0.421. The Labute approximate surface area is 182 Å². The average molecular weight is 452 g/mol. The highest BCUT2D eigenvalue weighted by molar-refractivity contribution is 7.99. The number of aliphatic hydroxyl groups excluding tert-OH is 3. The maximum Gasteiger partial charge on any atom is 0.226 e. The maximum atomic E-state index is 10.3. The minimum atomic E-state index is -1.24. The topological polar surface area (TPSA) is 126 Å². The molecule has 5 atom stereocenters. The van der Waals surface area contributed by atoms with Crippen LogP contribution in [-0.4, -0.2) is 71.6 Å². The lowest BCUT2D eigenvalue weighted by molar-refractivity contribution is -0.0511. The number of thioether (sulfide) groups is 1. The van der Waals surface area contributed by atoms with Crippen molar-refractivity contribution in [3.63, 3.8) is 0 Å². The normalized spacial score (nSPS) is 25.0. The van der Waals surface area contributed by atoms with E-state index in [2.05, 4.69) is 32.4 Å². The molecule has 1 aliphatic heterocycles. The minimum Gasteiger partial charge on any atom is -0.394 e. The molecule has 2 aromatic heterocycles. The van der Waals surface area contributed by atoms with Gasteiger partial charge in [-0.15, -0.1) is 11.8 Å². The maximum absolute atomic E-state index is 10.3. The Morgan fingerprint density at radius 1 is 1.23 bits per heavy atom. The quantitative estimate of drug-likeness (QED) is 0.313. The van der Waals surface area contributed by atoms with Gasteiger partial charge < -0.3 is 25.4 Å². The van der Waals surface area contributed by atoms with E-state index in [9.17, 15) is 15.3 Å². The van der Waals surface area contributed by atoms with Crippen LogP contribution in [0.15, 0.2) is 41.6 Å². The molecule has 1 aromatic carbocycles. The van der Waals surface area contributed by atoms with Crippen molar-refractivity contribution in [2.75, 3.05) is 17.7 Å². The molecule has 4 N–H and O–H groups in total. The standard InChI is InChI=1S/C19H22ClN5O4S/c1-10(8-30-11-5-3-2-4-6-11)22-16-13-17(24-19(20)23-16)25(9-21-13)18-15(28)14(27)12(7-26)29-18/h2-6,9-10,12,14-15,18,26-28H,7-8H2,1H3,(H,22,23,24)/t10-,12-,14?,15?,18-/m1/s1. The molecular weight excluding hydrogens is 430 g/mol. The molecule has 3 heterocycles. The van der Waals surface area contributed by atoms with Crippen LogP contribution in [0.25, 0.3) is 11.2 Å². The van der Waals surface area contributed by atoms with Gasteiger partial charge in [0, 0.05) is 16.7 Å². The molecule has 4 rings (SSSR count). The zero-order chi connectivity index (χ0) is 21.3. The predicted molar refractivity (Wildman–Crippen MR) is 114 cm³/mol. The van der Waals surface area contributed by atoms with E-state index in [0.717, 1.165) is 5.75 Å². The molecule has 30 heavy (non-hydrogen) atoms. The van der Waals surface area contributed by atoms with Crippen molar-refractivity contribution in [3.05, 3.63) is 41.9 Å². The smallest absolute Gasteiger partial charge is 0.226 e. The first-order chi connectivity index (χ1) is 14.5. The first kappa shape index (κ1) is 21.3. The molecule has 0 spiro atoms. The summed E-state index contributed by atoms with van der Waals surface area (Å²) in [5.74, 6) is 1.26. The zero-order valence-corrected chi connectivity index (χ0v) is 17.7. The Morgan fingerprint density at radius 2 is 2.00 bits per heavy atom. The second-order valence-corrected chi connectivity index (χ2v) is 8.50. The second kappa shape index (κ2) is 9.04. The van der Waals surface area contributed by atoms with Crippen LogP contribution >= 0.6 is 23.4 Å². The monoisotopic (exact) mass is 451 g/mol. The van der Waals surface area contributed by atoms with E-state index in [1.54, 1.807) is 11.8 Å². The van der Waals surface area contributed by atoms with Crippen LogP contribution < -0.4 is 5.32 Å². The number of nitrogens with zero attached hydrogens (tertiary/aromatic N) is 4. The van der Waals surface area contributed by atoms with E-state index in [1.165, 1.54) is 15.8 Å². The first-order valence-electron chi connectivity index (χ1n) is 9.45. The lowest BCUT2D eigenvalue weighted by Gasteiger charge is -2.17. The minimum absolute atomic E-state index is 0.0152. The van der Waals surface area contributed by atoms with Crippen molar-refractivity contribution in [1.29, 1.82) is 0 Å². The zero-order valence-electron chi connectivity index (χ0n) is 16.1. The van der Waals surface area contributed by atoms with Crippen molar-refractivity contribution in [1.82, 2.24) is 19.5 Å². The van der Waals surface area contributed by atoms with Gasteiger partial charge in [-0.3, -0.25) is 4.57 Å². The largest absolute Gasteiger partial charge is 0.394 e. The van der Waals surface area contributed by atoms with Crippen molar-refractivity contribution >= 4 is 40.3 Å². The fourth-order valence-electron chi connectivity index (χ4n) is 3.30. The Bertz CT molecular complexity index is 1010. The fourth-order valence-corrected chi connectivity index (χ4v) is 4.34. The van der Waals surface area contributed by atoms with Crippen molar-refractivity contribution in [2.45, 2.75) is 42.4 Å². The lowest BCUT2D eigenvalue weighted by atomic mass is 10.1. The number of aliphatic hydroxyl groups is 3. The third kappa shape index (κ3) is 4.25. The van der Waals surface area contributed by atoms with Crippen LogP contribution in [0, 0.1) is 0 Å². The van der Waals surface area contributed by atoms with Crippen molar-refractivity contribution in [3.8, 4) is 0 Å². The number of imidazole rings is 1. The molecule has 0 amide bonds. The molecule has 1 fully saturated rings. The Morgan fingerprint density at radius 3 is 2.70 bits per heavy atom. The van der Waals surface area contributed by atoms with Crippen LogP contribution in [0.4, 0.5) is 5.82 Å². The summed E-state index contributed by atoms with van der Waals surface area (Å²) in [4.78, 5) is 14.0. The van der Waals surface area contributed by atoms with Gasteiger partial charge in [-0.2, -0.15) is 9.97 Å². The molecular formula is C19H22ClN5O4S. The van der Waals surface area contributed by atoms with Gasteiger partial charge in [-0.1, -0.05) is 18.2 Å². The van der Waals surface area contributed by atoms with Crippen LogP contribution in [-0.2, 0) is 4.74 Å². The van der Waals surface area contributed by atoms with Gasteiger partial charge in [0.25, 0.3) is 0 Å². The number of nitrogens with one attached hydrogen (secondary N) is 1. The number of ether oxygens (including phenoxy) is 1. The molecule has 0 radical (unpaired) electrons. The molecule has 11 heteroatoms. The van der Waals surface area contributed by atoms with Crippen LogP contribution in [0.3, 0.4) is 0 Å². The predicted octanol–water partition coefficient (Wildman–Crippen LogP) is 1.68. The second-order valence-electron chi connectivity index (χ2n) is 7.06. The Hall–Kier alpha value is -1.95. The van der Waals surface area contributed by atoms with E-state index in [1.807, 2.05) is 25.1 Å². The average Bonchev–Trinajstić information content (AvgIpc) is 3.28. The van der Waals surface area contributed by atoms with E-state index in [4.69, 9.17) is 16.3 Å². The number of hydrogen-bond acceptors (Lipinski definition) is 9. The van der Waals surface area contributed by atoms with Crippen molar-refractivity contribution < 1.29 is 20.1 Å². The van der Waals surface area contributed by atoms with Gasteiger partial charge >= 0.3 is 0 Å². The van der Waals surface area contributed by atoms with Gasteiger partial charge in [0.15, 0.2) is 23.2 Å². The van der Waals surface area contributed by atoms with Gasteiger partial charge in [0.2, 0.25) is 5.28 Å². The number of anilines is 1. The molecule has 0 aliphatic carbocycles. The van der Waals surface area contributed by atoms with E-state index >= 15 is 0 Å². The van der Waals surface area contributed by atoms with Crippen LogP contribution in [0.5, 0.6) is 0 Å². The van der Waals surface area contributed by atoms with E-state index in [-0.39, 0.29) is 11.3 Å². The van der Waals surface area contributed by atoms with Gasteiger partial charge in [-0.05, 0) is 30.7 Å². The summed E-state index contributed by atoms with van der Waals surface area (Å²) in [7, 11) is 0. The number of aromatic nitrogens is 4. The highest BCUT2D eigenvalue weighted by atomic mass is 35.5. The van der Waals surface area contributed by atoms with Gasteiger partial charge in [0.05, 0.1) is 12.9 Å². The van der Waals surface area contributed by atoms with Gasteiger partial charge in [0.1, 0.15) is 18.3 Å². The molecule has 0 saturated carbocycles. The molecule has 1 saturated heterocycles. The number of rotatable bonds is 7. The molecule has 3 aromatic rings. The van der Waals surface area contributed by atoms with Crippen LogP contribution in [0.2, 0.25) is 5.28 Å². The number of hydrogen-bond donors (Lipinski definition) is 4. The summed E-state index contributed by atoms with van der Waals surface area (Å²) in [5.41, 5.74) is 0.823. The summed E-state index contributed by atoms with van der Waals surface area (Å²) in [6.07, 6.45) is -2.86. The highest BCUT2D eigenvalue weighted by Gasteiger charge is 2.44. The molecule has 2 unspecified atom stereocenters. The summed E-state index contributed by atoms with van der Waals surface area (Å²) < 4.78 is 7.07. The molecule has 1 aliphatic rings. The lowest BCUT2D eigenvalue weighted by Crippen LogP contribution is -2.33. The Balaban J connectivity index is 1.55. The van der Waals surface area contributed by atoms with E-state index in [0.29, 0.717) is 17.0 Å². The third-order valence-electron chi connectivity index (χ3n) is 4.81. The van der Waals surface area contributed by atoms with Gasteiger partial charge in [-0.25, -0.2) is 4.98 Å². The highest BCUT2D eigenvalue weighted by Crippen LogP contribution is 2.33. The molecule has 9 nitrogen and oxygen atoms in total. The Kier molecular flexibility index (Phi) is 6.42. The summed E-state index contributed by atoms with van der Waals surface area (Å²) in [6.45, 7) is 1.61. The van der Waals surface area contributed by atoms with E-state index < -0.39 is 31.1 Å². The number of fused-ring (bicyclic) bond motifs is 1. The summed E-state index contributed by atoms with van der Waals surface area (Å²) >= 11 is 7.85. The third-order valence-corrected chi connectivity index (χ3v) is 6.25. The summed E-state index contributed by atoms with van der Waals surface area (Å²) in [5, 5.41) is 33.0. The number of benzene rings is 1. The van der Waals surface area contributed by atoms with Crippen LogP contribution in [0.1, 0.15) is 13.2 Å². The molecule has 0 bridgehead atoms.